The van der Waals surface area contributed by atoms with Gasteiger partial charge < -0.3 is 0 Å². The molecule has 1 atom stereocenters. The Labute approximate surface area is 157 Å². The van der Waals surface area contributed by atoms with Crippen LogP contribution in [-0.4, -0.2) is 23.6 Å². The predicted octanol–water partition coefficient (Wildman–Crippen LogP) is 5.01. The number of halogens is 3. The van der Waals surface area contributed by atoms with Crippen molar-refractivity contribution in [2.24, 2.45) is 11.3 Å². The first-order chi connectivity index (χ1) is 12.5. The van der Waals surface area contributed by atoms with Crippen LogP contribution in [0.4, 0.5) is 13.2 Å². The van der Waals surface area contributed by atoms with E-state index in [9.17, 15) is 18.0 Å². The lowest BCUT2D eigenvalue weighted by molar-refractivity contribution is -0.191. The summed E-state index contributed by atoms with van der Waals surface area (Å²) < 4.78 is 42.2. The number of fused-ring (bicyclic) bond motifs is 1. The minimum Gasteiger partial charge on any atom is -0.287 e. The summed E-state index contributed by atoms with van der Waals surface area (Å²) in [6.07, 6.45) is -3.72. The van der Waals surface area contributed by atoms with Crippen molar-refractivity contribution in [2.45, 2.75) is 46.3 Å². The fraction of sp³-hybridized carbons (Fsp3) is 0.476. The molecule has 0 radical (unpaired) electrons. The SMILES string of the molecule is CC(C)Cc1ccc2cccc(C(N3CC(C)(C)C(=O)N3)C(F)(F)F)c2c1. The van der Waals surface area contributed by atoms with E-state index in [1.807, 2.05) is 24.3 Å². The van der Waals surface area contributed by atoms with Crippen molar-refractivity contribution < 1.29 is 18.0 Å². The van der Waals surface area contributed by atoms with Crippen molar-refractivity contribution in [1.82, 2.24) is 10.4 Å². The van der Waals surface area contributed by atoms with E-state index < -0.39 is 23.5 Å². The van der Waals surface area contributed by atoms with E-state index in [-0.39, 0.29) is 12.1 Å². The molecule has 1 heterocycles. The number of hydrogen-bond donors (Lipinski definition) is 1. The third-order valence-electron chi connectivity index (χ3n) is 4.97. The maximum Gasteiger partial charge on any atom is 0.409 e. The number of rotatable bonds is 4. The number of hydrazine groups is 1. The second-order valence-electron chi connectivity index (χ2n) is 8.40. The minimum absolute atomic E-state index is 0.00190. The van der Waals surface area contributed by atoms with Gasteiger partial charge in [0, 0.05) is 6.54 Å². The highest BCUT2D eigenvalue weighted by atomic mass is 19.4. The van der Waals surface area contributed by atoms with Crippen LogP contribution in [0.15, 0.2) is 36.4 Å². The second kappa shape index (κ2) is 6.82. The van der Waals surface area contributed by atoms with E-state index in [4.69, 9.17) is 0 Å². The molecule has 0 saturated carbocycles. The Kier molecular flexibility index (Phi) is 4.97. The number of benzene rings is 2. The molecule has 1 saturated heterocycles. The Hall–Kier alpha value is -2.08. The van der Waals surface area contributed by atoms with Gasteiger partial charge in [-0.25, -0.2) is 5.01 Å². The van der Waals surface area contributed by atoms with Crippen LogP contribution in [0.25, 0.3) is 10.8 Å². The molecule has 0 aromatic heterocycles. The van der Waals surface area contributed by atoms with Crippen LogP contribution < -0.4 is 5.43 Å². The van der Waals surface area contributed by atoms with E-state index >= 15 is 0 Å². The average molecular weight is 378 g/mol. The summed E-state index contributed by atoms with van der Waals surface area (Å²) in [4.78, 5) is 12.1. The zero-order chi connectivity index (χ0) is 20.0. The Morgan fingerprint density at radius 3 is 2.44 bits per heavy atom. The number of carbonyl (C=O) groups excluding carboxylic acids is 1. The number of carbonyl (C=O) groups is 1. The number of hydrogen-bond acceptors (Lipinski definition) is 2. The molecule has 0 aliphatic carbocycles. The summed E-state index contributed by atoms with van der Waals surface area (Å²) in [6, 6.07) is 8.77. The van der Waals surface area contributed by atoms with Crippen LogP contribution >= 0.6 is 0 Å². The lowest BCUT2D eigenvalue weighted by Crippen LogP contribution is -2.43. The Morgan fingerprint density at radius 2 is 1.89 bits per heavy atom. The highest BCUT2D eigenvalue weighted by Crippen LogP contribution is 2.42. The third kappa shape index (κ3) is 3.95. The number of amides is 1. The molecule has 2 aromatic carbocycles. The summed E-state index contributed by atoms with van der Waals surface area (Å²) in [7, 11) is 0. The highest BCUT2D eigenvalue weighted by Gasteiger charge is 2.51. The van der Waals surface area contributed by atoms with E-state index in [2.05, 4.69) is 19.3 Å². The van der Waals surface area contributed by atoms with Gasteiger partial charge in [0.25, 0.3) is 0 Å². The molecule has 1 amide bonds. The van der Waals surface area contributed by atoms with Crippen LogP contribution in [0.1, 0.15) is 44.9 Å². The second-order valence-corrected chi connectivity index (χ2v) is 8.40. The molecule has 3 nitrogen and oxygen atoms in total. The standard InChI is InChI=1S/C21H25F3N2O/c1-13(2)10-14-8-9-15-6-5-7-16(17(15)11-14)18(21(22,23)24)26-12-20(3,4)19(27)25-26/h5-9,11,13,18H,10,12H2,1-4H3,(H,25,27). The van der Waals surface area contributed by atoms with E-state index in [0.717, 1.165) is 22.4 Å². The van der Waals surface area contributed by atoms with Gasteiger partial charge in [-0.1, -0.05) is 50.2 Å². The lowest BCUT2D eigenvalue weighted by atomic mass is 9.92. The minimum atomic E-state index is -4.52. The molecule has 0 bridgehead atoms. The van der Waals surface area contributed by atoms with Gasteiger partial charge in [-0.3, -0.25) is 10.2 Å². The van der Waals surface area contributed by atoms with Gasteiger partial charge in [0.1, 0.15) is 0 Å². The van der Waals surface area contributed by atoms with Crippen molar-refractivity contribution in [1.29, 1.82) is 0 Å². The van der Waals surface area contributed by atoms with Crippen molar-refractivity contribution >= 4 is 16.7 Å². The fourth-order valence-electron chi connectivity index (χ4n) is 3.68. The molecule has 27 heavy (non-hydrogen) atoms. The zero-order valence-corrected chi connectivity index (χ0v) is 16.0. The average Bonchev–Trinajstić information content (AvgIpc) is 2.79. The highest BCUT2D eigenvalue weighted by molar-refractivity contribution is 5.87. The predicted molar refractivity (Wildman–Crippen MR) is 99.9 cm³/mol. The Balaban J connectivity index is 2.12. The molecular weight excluding hydrogens is 353 g/mol. The fourth-order valence-corrected chi connectivity index (χ4v) is 3.68. The van der Waals surface area contributed by atoms with Crippen molar-refractivity contribution in [2.75, 3.05) is 6.54 Å². The van der Waals surface area contributed by atoms with E-state index in [0.29, 0.717) is 11.3 Å². The zero-order valence-electron chi connectivity index (χ0n) is 16.0. The maximum absolute atomic E-state index is 14.1. The maximum atomic E-state index is 14.1. The van der Waals surface area contributed by atoms with Gasteiger partial charge in [-0.2, -0.15) is 13.2 Å². The van der Waals surface area contributed by atoms with Crippen LogP contribution in [0, 0.1) is 11.3 Å². The summed E-state index contributed by atoms with van der Waals surface area (Å²) in [6.45, 7) is 7.46. The first-order valence-corrected chi connectivity index (χ1v) is 9.15. The van der Waals surface area contributed by atoms with Crippen LogP contribution in [0.2, 0.25) is 0 Å². The van der Waals surface area contributed by atoms with Gasteiger partial charge in [-0.05, 0) is 48.1 Å². The molecular formula is C21H25F3N2O. The van der Waals surface area contributed by atoms with Gasteiger partial charge in [0.05, 0.1) is 5.41 Å². The molecule has 1 aliphatic heterocycles. The van der Waals surface area contributed by atoms with Gasteiger partial charge in [-0.15, -0.1) is 0 Å². The van der Waals surface area contributed by atoms with Crippen molar-refractivity contribution in [3.8, 4) is 0 Å². The Bertz CT molecular complexity index is 858. The van der Waals surface area contributed by atoms with Crippen LogP contribution in [0.5, 0.6) is 0 Å². The van der Waals surface area contributed by atoms with Crippen LogP contribution in [-0.2, 0) is 11.2 Å². The molecule has 0 spiro atoms. The smallest absolute Gasteiger partial charge is 0.287 e. The van der Waals surface area contributed by atoms with Gasteiger partial charge in [0.15, 0.2) is 6.04 Å². The van der Waals surface area contributed by atoms with Crippen molar-refractivity contribution in [3.63, 3.8) is 0 Å². The molecule has 6 heteroatoms. The lowest BCUT2D eigenvalue weighted by Gasteiger charge is -2.30. The number of nitrogens with one attached hydrogen (secondary N) is 1. The molecule has 1 aliphatic rings. The molecule has 2 aromatic rings. The molecule has 1 unspecified atom stereocenters. The van der Waals surface area contributed by atoms with Crippen LogP contribution in [0.3, 0.4) is 0 Å². The van der Waals surface area contributed by atoms with E-state index in [1.165, 1.54) is 6.07 Å². The normalized spacial score (nSPS) is 18.9. The molecule has 3 rings (SSSR count). The van der Waals surface area contributed by atoms with Gasteiger partial charge in [0.2, 0.25) is 5.91 Å². The number of nitrogens with zero attached hydrogens (tertiary/aromatic N) is 1. The molecule has 1 N–H and O–H groups in total. The topological polar surface area (TPSA) is 32.3 Å². The summed E-state index contributed by atoms with van der Waals surface area (Å²) in [5.41, 5.74) is 2.75. The first kappa shape index (κ1) is 19.7. The first-order valence-electron chi connectivity index (χ1n) is 9.15. The number of alkyl halides is 3. The Morgan fingerprint density at radius 1 is 1.19 bits per heavy atom. The molecule has 1 fully saturated rings. The van der Waals surface area contributed by atoms with E-state index in [1.54, 1.807) is 19.9 Å². The summed E-state index contributed by atoms with van der Waals surface area (Å²) in [5.74, 6) is 0.0178. The molecule has 146 valence electrons. The monoisotopic (exact) mass is 378 g/mol. The summed E-state index contributed by atoms with van der Waals surface area (Å²) >= 11 is 0. The van der Waals surface area contributed by atoms with Crippen molar-refractivity contribution in [3.05, 3.63) is 47.5 Å². The largest absolute Gasteiger partial charge is 0.409 e. The summed E-state index contributed by atoms with van der Waals surface area (Å²) in [5, 5.41) is 2.38. The van der Waals surface area contributed by atoms with Gasteiger partial charge >= 0.3 is 6.18 Å². The third-order valence-corrected chi connectivity index (χ3v) is 4.97. The quantitative estimate of drug-likeness (QED) is 0.811.